The van der Waals surface area contributed by atoms with E-state index in [9.17, 15) is 9.59 Å². The molecule has 3 rings (SSSR count). The van der Waals surface area contributed by atoms with Crippen LogP contribution < -0.4 is 5.32 Å². The Morgan fingerprint density at radius 1 is 1.09 bits per heavy atom. The molecule has 0 aliphatic heterocycles. The van der Waals surface area contributed by atoms with Gasteiger partial charge in [-0.2, -0.15) is 0 Å². The molecule has 168 valence electrons. The molecule has 1 heterocycles. The summed E-state index contributed by atoms with van der Waals surface area (Å²) in [4.78, 5) is 23.6. The van der Waals surface area contributed by atoms with Gasteiger partial charge in [0.05, 0.1) is 18.9 Å². The fourth-order valence-electron chi connectivity index (χ4n) is 2.99. The predicted octanol–water partition coefficient (Wildman–Crippen LogP) is 4.20. The first-order chi connectivity index (χ1) is 15.6. The third-order valence-electron chi connectivity index (χ3n) is 4.52. The molecule has 32 heavy (non-hydrogen) atoms. The van der Waals surface area contributed by atoms with Crippen molar-refractivity contribution in [1.82, 2.24) is 20.1 Å². The van der Waals surface area contributed by atoms with Crippen LogP contribution in [0.25, 0.3) is 11.4 Å². The van der Waals surface area contributed by atoms with E-state index in [0.29, 0.717) is 42.1 Å². The number of nitrogens with zero attached hydrogens (tertiary/aromatic N) is 3. The minimum atomic E-state index is -0.250. The first kappa shape index (κ1) is 23.8. The Morgan fingerprint density at radius 2 is 1.84 bits per heavy atom. The molecule has 0 saturated carbocycles. The molecule has 7 nitrogen and oxygen atoms in total. The van der Waals surface area contributed by atoms with Crippen LogP contribution in [0.5, 0.6) is 0 Å². The van der Waals surface area contributed by atoms with E-state index in [1.54, 1.807) is 6.92 Å². The summed E-state index contributed by atoms with van der Waals surface area (Å²) in [5.41, 5.74) is 2.00. The predicted molar refractivity (Wildman–Crippen MR) is 126 cm³/mol. The Morgan fingerprint density at radius 3 is 2.56 bits per heavy atom. The average molecular weight is 473 g/mol. The number of ether oxygens (including phenoxy) is 1. The minimum Gasteiger partial charge on any atom is -0.466 e. The van der Waals surface area contributed by atoms with Gasteiger partial charge < -0.3 is 10.1 Å². The molecular weight excluding hydrogens is 448 g/mol. The van der Waals surface area contributed by atoms with Crippen LogP contribution in [-0.4, -0.2) is 45.5 Å². The smallest absolute Gasteiger partial charge is 0.305 e. The number of aromatic nitrogens is 3. The number of nitrogens with one attached hydrogen (secondary N) is 1. The molecule has 0 atom stereocenters. The highest BCUT2D eigenvalue weighted by Crippen LogP contribution is 2.26. The second-order valence-electron chi connectivity index (χ2n) is 6.93. The van der Waals surface area contributed by atoms with Crippen molar-refractivity contribution >= 4 is 35.2 Å². The molecule has 0 radical (unpaired) electrons. The van der Waals surface area contributed by atoms with Crippen LogP contribution in [0.15, 0.2) is 59.8 Å². The summed E-state index contributed by atoms with van der Waals surface area (Å²) in [5, 5.41) is 12.8. The van der Waals surface area contributed by atoms with Gasteiger partial charge in [0.1, 0.15) is 0 Å². The number of halogens is 1. The number of hydrogen-bond acceptors (Lipinski definition) is 6. The van der Waals surface area contributed by atoms with Crippen molar-refractivity contribution in [2.45, 2.75) is 31.5 Å². The van der Waals surface area contributed by atoms with E-state index in [2.05, 4.69) is 15.5 Å². The summed E-state index contributed by atoms with van der Waals surface area (Å²) in [6.07, 6.45) is 0.831. The highest BCUT2D eigenvalue weighted by Gasteiger charge is 2.16. The van der Waals surface area contributed by atoms with Crippen LogP contribution in [0.1, 0.15) is 25.3 Å². The Balaban J connectivity index is 1.64. The lowest BCUT2D eigenvalue weighted by molar-refractivity contribution is -0.143. The molecule has 0 unspecified atom stereocenters. The van der Waals surface area contributed by atoms with Gasteiger partial charge in [0.25, 0.3) is 0 Å². The molecule has 0 spiro atoms. The fraction of sp³-hybridized carbons (Fsp3) is 0.304. The van der Waals surface area contributed by atoms with Gasteiger partial charge in [-0.25, -0.2) is 0 Å². The first-order valence-corrected chi connectivity index (χ1v) is 11.7. The van der Waals surface area contributed by atoms with Crippen molar-refractivity contribution in [1.29, 1.82) is 0 Å². The second-order valence-corrected chi connectivity index (χ2v) is 8.31. The Labute approximate surface area is 196 Å². The monoisotopic (exact) mass is 472 g/mol. The first-order valence-electron chi connectivity index (χ1n) is 10.3. The van der Waals surface area contributed by atoms with Crippen LogP contribution in [0.4, 0.5) is 0 Å². The number of esters is 1. The summed E-state index contributed by atoms with van der Waals surface area (Å²) in [6.45, 7) is 3.13. The summed E-state index contributed by atoms with van der Waals surface area (Å²) in [5.74, 6) is 0.538. The number of rotatable bonds is 11. The average Bonchev–Trinajstić information content (AvgIpc) is 3.19. The van der Waals surface area contributed by atoms with Crippen LogP contribution in [0, 0.1) is 0 Å². The highest BCUT2D eigenvalue weighted by molar-refractivity contribution is 7.99. The van der Waals surface area contributed by atoms with Crippen molar-refractivity contribution in [3.63, 3.8) is 0 Å². The summed E-state index contributed by atoms with van der Waals surface area (Å²) < 4.78 is 6.88. The van der Waals surface area contributed by atoms with E-state index in [4.69, 9.17) is 16.3 Å². The maximum atomic E-state index is 12.3. The van der Waals surface area contributed by atoms with Crippen LogP contribution in [0.3, 0.4) is 0 Å². The molecule has 0 saturated heterocycles. The van der Waals surface area contributed by atoms with E-state index in [1.807, 2.05) is 59.2 Å². The molecule has 1 N–H and O–H groups in total. The van der Waals surface area contributed by atoms with Crippen LogP contribution in [0.2, 0.25) is 5.02 Å². The molecular formula is C23H25ClN4O3S. The van der Waals surface area contributed by atoms with Crippen molar-refractivity contribution in [3.05, 3.63) is 65.2 Å². The van der Waals surface area contributed by atoms with Crippen molar-refractivity contribution in [2.24, 2.45) is 0 Å². The lowest BCUT2D eigenvalue weighted by atomic mass is 10.2. The number of amides is 1. The number of benzene rings is 2. The van der Waals surface area contributed by atoms with Gasteiger partial charge in [-0.05, 0) is 43.2 Å². The zero-order chi connectivity index (χ0) is 22.8. The van der Waals surface area contributed by atoms with E-state index < -0.39 is 0 Å². The van der Waals surface area contributed by atoms with E-state index in [0.717, 1.165) is 11.1 Å². The van der Waals surface area contributed by atoms with Gasteiger partial charge in [0.15, 0.2) is 11.0 Å². The maximum absolute atomic E-state index is 12.3. The third kappa shape index (κ3) is 7.10. The van der Waals surface area contributed by atoms with Crippen molar-refractivity contribution < 1.29 is 14.3 Å². The SMILES string of the molecule is CCOC(=O)CCCNC(=O)CSc1nnc(-c2ccc(Cl)cc2)n1Cc1ccccc1. The zero-order valence-corrected chi connectivity index (χ0v) is 19.4. The molecule has 2 aromatic carbocycles. The lowest BCUT2D eigenvalue weighted by Crippen LogP contribution is -2.26. The van der Waals surface area contributed by atoms with Crippen LogP contribution in [-0.2, 0) is 20.9 Å². The lowest BCUT2D eigenvalue weighted by Gasteiger charge is -2.11. The number of hydrogen-bond donors (Lipinski definition) is 1. The van der Waals surface area contributed by atoms with E-state index in [-0.39, 0.29) is 24.1 Å². The minimum absolute atomic E-state index is 0.124. The topological polar surface area (TPSA) is 86.1 Å². The Hall–Kier alpha value is -2.84. The zero-order valence-electron chi connectivity index (χ0n) is 17.8. The van der Waals surface area contributed by atoms with Crippen molar-refractivity contribution in [3.8, 4) is 11.4 Å². The van der Waals surface area contributed by atoms with E-state index in [1.165, 1.54) is 11.8 Å². The van der Waals surface area contributed by atoms with Gasteiger partial charge in [0, 0.05) is 23.6 Å². The number of carbonyl (C=O) groups excluding carboxylic acids is 2. The Kier molecular flexibility index (Phi) is 9.13. The van der Waals surface area contributed by atoms with Crippen LogP contribution >= 0.6 is 23.4 Å². The maximum Gasteiger partial charge on any atom is 0.305 e. The van der Waals surface area contributed by atoms with E-state index >= 15 is 0 Å². The number of thioether (sulfide) groups is 1. The van der Waals surface area contributed by atoms with Gasteiger partial charge in [-0.1, -0.05) is 53.7 Å². The molecule has 1 amide bonds. The molecule has 0 fully saturated rings. The van der Waals surface area contributed by atoms with Gasteiger partial charge in [-0.15, -0.1) is 10.2 Å². The standard InChI is InChI=1S/C23H25ClN4O3S/c1-2-31-21(30)9-6-14-25-20(29)16-32-23-27-26-22(18-10-12-19(24)13-11-18)28(23)15-17-7-4-3-5-8-17/h3-5,7-8,10-13H,2,6,9,14-16H2,1H3,(H,25,29). The summed E-state index contributed by atoms with van der Waals surface area (Å²) in [7, 11) is 0. The number of carbonyl (C=O) groups is 2. The summed E-state index contributed by atoms with van der Waals surface area (Å²) in [6, 6.07) is 17.4. The molecule has 0 bridgehead atoms. The molecule has 0 aliphatic carbocycles. The third-order valence-corrected chi connectivity index (χ3v) is 5.74. The highest BCUT2D eigenvalue weighted by atomic mass is 35.5. The largest absolute Gasteiger partial charge is 0.466 e. The molecule has 9 heteroatoms. The normalized spacial score (nSPS) is 10.7. The quantitative estimate of drug-likeness (QED) is 0.256. The van der Waals surface area contributed by atoms with Crippen molar-refractivity contribution in [2.75, 3.05) is 18.9 Å². The molecule has 3 aromatic rings. The Bertz CT molecular complexity index is 1030. The summed E-state index contributed by atoms with van der Waals surface area (Å²) >= 11 is 7.35. The van der Waals surface area contributed by atoms with Gasteiger partial charge in [0.2, 0.25) is 5.91 Å². The van der Waals surface area contributed by atoms with Gasteiger partial charge in [-0.3, -0.25) is 14.2 Å². The fourth-order valence-corrected chi connectivity index (χ4v) is 3.88. The second kappa shape index (κ2) is 12.3. The molecule has 0 aliphatic rings. The van der Waals surface area contributed by atoms with Gasteiger partial charge >= 0.3 is 5.97 Å². The molecule has 1 aromatic heterocycles.